The summed E-state index contributed by atoms with van der Waals surface area (Å²) in [6.45, 7) is 1.47. The van der Waals surface area contributed by atoms with Crippen LogP contribution in [0.4, 0.5) is 0 Å². The Morgan fingerprint density at radius 2 is 2.12 bits per heavy atom. The molecule has 0 saturated carbocycles. The lowest BCUT2D eigenvalue weighted by Crippen LogP contribution is -2.36. The lowest BCUT2D eigenvalue weighted by molar-refractivity contribution is 0.0513. The second-order valence-electron chi connectivity index (χ2n) is 5.92. The van der Waals surface area contributed by atoms with Gasteiger partial charge in [-0.25, -0.2) is 0 Å². The van der Waals surface area contributed by atoms with Crippen molar-refractivity contribution in [3.63, 3.8) is 0 Å². The summed E-state index contributed by atoms with van der Waals surface area (Å²) in [4.78, 5) is 16.9. The minimum Gasteiger partial charge on any atom is -0.497 e. The number of ether oxygens (including phenoxy) is 2. The fourth-order valence-corrected chi connectivity index (χ4v) is 3.07. The third-order valence-electron chi connectivity index (χ3n) is 4.40. The second kappa shape index (κ2) is 7.93. The van der Waals surface area contributed by atoms with Crippen molar-refractivity contribution in [2.24, 2.45) is 5.92 Å². The number of rotatable bonds is 5. The molecule has 3 rings (SSSR count). The predicted octanol–water partition coefficient (Wildman–Crippen LogP) is 2.99. The summed E-state index contributed by atoms with van der Waals surface area (Å²) in [7, 11) is 1.59. The number of amides is 1. The molecule has 1 unspecified atom stereocenters. The molecule has 0 radical (unpaired) electrons. The molecule has 1 amide bonds. The van der Waals surface area contributed by atoms with Crippen LogP contribution >= 0.6 is 0 Å². The van der Waals surface area contributed by atoms with Gasteiger partial charge in [-0.15, -0.1) is 0 Å². The number of hydrogen-bond donors (Lipinski definition) is 1. The summed E-state index contributed by atoms with van der Waals surface area (Å²) in [5.41, 5.74) is 1.62. The minimum absolute atomic E-state index is 0.0682. The molecule has 1 atom stereocenters. The molecule has 0 aliphatic carbocycles. The van der Waals surface area contributed by atoms with E-state index in [1.807, 2.05) is 30.5 Å². The largest absolute Gasteiger partial charge is 0.497 e. The highest BCUT2D eigenvalue weighted by Crippen LogP contribution is 2.30. The molecule has 1 aliphatic heterocycles. The van der Waals surface area contributed by atoms with Gasteiger partial charge in [-0.3, -0.25) is 9.78 Å². The van der Waals surface area contributed by atoms with Crippen LogP contribution in [-0.2, 0) is 4.74 Å². The van der Waals surface area contributed by atoms with Gasteiger partial charge in [0.15, 0.2) is 0 Å². The van der Waals surface area contributed by atoms with Crippen molar-refractivity contribution in [2.45, 2.75) is 18.9 Å². The Balaban J connectivity index is 1.81. The average Bonchev–Trinajstić information content (AvgIpc) is 2.67. The Labute approximate surface area is 142 Å². The van der Waals surface area contributed by atoms with Gasteiger partial charge in [0.05, 0.1) is 13.2 Å². The first kappa shape index (κ1) is 16.5. The number of benzene rings is 1. The maximum atomic E-state index is 12.7. The molecule has 126 valence electrons. The Morgan fingerprint density at radius 1 is 1.29 bits per heavy atom. The highest BCUT2D eigenvalue weighted by Gasteiger charge is 2.27. The Kier molecular flexibility index (Phi) is 5.43. The number of carbonyl (C=O) groups excluding carboxylic acids is 1. The van der Waals surface area contributed by atoms with Gasteiger partial charge in [-0.1, -0.05) is 12.1 Å². The summed E-state index contributed by atoms with van der Waals surface area (Å²) in [6, 6.07) is 11.0. The van der Waals surface area contributed by atoms with Gasteiger partial charge in [0, 0.05) is 31.2 Å². The van der Waals surface area contributed by atoms with Crippen molar-refractivity contribution >= 4 is 5.91 Å². The third-order valence-corrected chi connectivity index (χ3v) is 4.40. The van der Waals surface area contributed by atoms with Crippen LogP contribution in [0.3, 0.4) is 0 Å². The molecule has 24 heavy (non-hydrogen) atoms. The number of hydrogen-bond acceptors (Lipinski definition) is 4. The minimum atomic E-state index is -0.103. The van der Waals surface area contributed by atoms with Gasteiger partial charge in [0.1, 0.15) is 5.75 Å². The van der Waals surface area contributed by atoms with Crippen molar-refractivity contribution in [3.05, 3.63) is 59.9 Å². The van der Waals surface area contributed by atoms with Crippen LogP contribution in [0.1, 0.15) is 34.8 Å². The summed E-state index contributed by atoms with van der Waals surface area (Å²) >= 11 is 0. The normalized spacial score (nSPS) is 16.4. The van der Waals surface area contributed by atoms with Crippen LogP contribution < -0.4 is 10.1 Å². The highest BCUT2D eigenvalue weighted by molar-refractivity contribution is 5.94. The summed E-state index contributed by atoms with van der Waals surface area (Å²) in [5.74, 6) is 0.915. The molecular weight excluding hydrogens is 304 g/mol. The van der Waals surface area contributed by atoms with E-state index in [-0.39, 0.29) is 11.9 Å². The SMILES string of the molecule is COc1cccc(C(=O)NC(c2cccnc2)C2CCOCC2)c1. The number of nitrogens with one attached hydrogen (secondary N) is 1. The quantitative estimate of drug-likeness (QED) is 0.917. The van der Waals surface area contributed by atoms with E-state index in [0.29, 0.717) is 17.2 Å². The van der Waals surface area contributed by atoms with Crippen LogP contribution in [0.2, 0.25) is 0 Å². The first-order valence-corrected chi connectivity index (χ1v) is 8.20. The predicted molar refractivity (Wildman–Crippen MR) is 91.0 cm³/mol. The third kappa shape index (κ3) is 3.92. The zero-order valence-electron chi connectivity index (χ0n) is 13.8. The van der Waals surface area contributed by atoms with E-state index in [0.717, 1.165) is 31.6 Å². The van der Waals surface area contributed by atoms with E-state index in [4.69, 9.17) is 9.47 Å². The molecule has 5 heteroatoms. The number of nitrogens with zero attached hydrogens (tertiary/aromatic N) is 1. The molecule has 2 aromatic rings. The molecule has 1 saturated heterocycles. The van der Waals surface area contributed by atoms with E-state index in [2.05, 4.69) is 10.3 Å². The molecule has 1 aromatic heterocycles. The van der Waals surface area contributed by atoms with Crippen LogP contribution in [0.5, 0.6) is 5.75 Å². The lowest BCUT2D eigenvalue weighted by Gasteiger charge is -2.31. The zero-order valence-corrected chi connectivity index (χ0v) is 13.8. The van der Waals surface area contributed by atoms with Crippen molar-refractivity contribution in [3.8, 4) is 5.75 Å². The van der Waals surface area contributed by atoms with Crippen LogP contribution in [0.25, 0.3) is 0 Å². The standard InChI is InChI=1S/C19H22N2O3/c1-23-17-6-2-4-15(12-17)19(22)21-18(14-7-10-24-11-8-14)16-5-3-9-20-13-16/h2-6,9,12-14,18H,7-8,10-11H2,1H3,(H,21,22). The molecule has 0 spiro atoms. The Bertz CT molecular complexity index is 669. The average molecular weight is 326 g/mol. The Hall–Kier alpha value is -2.40. The van der Waals surface area contributed by atoms with Gasteiger partial charge in [0.2, 0.25) is 0 Å². The number of pyridine rings is 1. The molecule has 1 N–H and O–H groups in total. The van der Waals surface area contributed by atoms with E-state index in [9.17, 15) is 4.79 Å². The van der Waals surface area contributed by atoms with Crippen LogP contribution in [0, 0.1) is 5.92 Å². The van der Waals surface area contributed by atoms with E-state index in [1.165, 1.54) is 0 Å². The van der Waals surface area contributed by atoms with Crippen molar-refractivity contribution in [2.75, 3.05) is 20.3 Å². The van der Waals surface area contributed by atoms with Gasteiger partial charge in [-0.05, 0) is 48.6 Å². The highest BCUT2D eigenvalue weighted by atomic mass is 16.5. The molecule has 1 aromatic carbocycles. The summed E-state index contributed by atoms with van der Waals surface area (Å²) in [5, 5.41) is 3.18. The monoisotopic (exact) mass is 326 g/mol. The molecule has 5 nitrogen and oxygen atoms in total. The fourth-order valence-electron chi connectivity index (χ4n) is 3.07. The molecular formula is C19H22N2O3. The first-order chi connectivity index (χ1) is 11.8. The molecule has 1 aliphatic rings. The van der Waals surface area contributed by atoms with Crippen molar-refractivity contribution in [1.29, 1.82) is 0 Å². The van der Waals surface area contributed by atoms with Crippen LogP contribution in [0.15, 0.2) is 48.8 Å². The van der Waals surface area contributed by atoms with E-state index >= 15 is 0 Å². The van der Waals surface area contributed by atoms with E-state index < -0.39 is 0 Å². The zero-order chi connectivity index (χ0) is 16.8. The molecule has 1 fully saturated rings. The van der Waals surface area contributed by atoms with Crippen LogP contribution in [-0.4, -0.2) is 31.2 Å². The number of carbonyl (C=O) groups is 1. The smallest absolute Gasteiger partial charge is 0.251 e. The topological polar surface area (TPSA) is 60.5 Å². The van der Waals surface area contributed by atoms with Crippen molar-refractivity contribution in [1.82, 2.24) is 10.3 Å². The first-order valence-electron chi connectivity index (χ1n) is 8.20. The van der Waals surface area contributed by atoms with Gasteiger partial charge in [0.25, 0.3) is 5.91 Å². The van der Waals surface area contributed by atoms with Gasteiger partial charge >= 0.3 is 0 Å². The second-order valence-corrected chi connectivity index (χ2v) is 5.92. The van der Waals surface area contributed by atoms with Gasteiger partial charge < -0.3 is 14.8 Å². The molecule has 0 bridgehead atoms. The lowest BCUT2D eigenvalue weighted by atomic mass is 9.87. The van der Waals surface area contributed by atoms with Crippen molar-refractivity contribution < 1.29 is 14.3 Å². The number of methoxy groups -OCH3 is 1. The summed E-state index contributed by atoms with van der Waals surface area (Å²) < 4.78 is 10.7. The Morgan fingerprint density at radius 3 is 2.83 bits per heavy atom. The maximum Gasteiger partial charge on any atom is 0.251 e. The molecule has 2 heterocycles. The summed E-state index contributed by atoms with van der Waals surface area (Å²) in [6.07, 6.45) is 5.43. The fraction of sp³-hybridized carbons (Fsp3) is 0.368. The van der Waals surface area contributed by atoms with Gasteiger partial charge in [-0.2, -0.15) is 0 Å². The number of aromatic nitrogens is 1. The maximum absolute atomic E-state index is 12.7. The van der Waals surface area contributed by atoms with E-state index in [1.54, 1.807) is 25.4 Å².